The van der Waals surface area contributed by atoms with Crippen molar-refractivity contribution in [3.05, 3.63) is 0 Å². The maximum atomic E-state index is 8.58. The summed E-state index contributed by atoms with van der Waals surface area (Å²) in [7, 11) is 0. The van der Waals surface area contributed by atoms with Crippen LogP contribution in [0.25, 0.3) is 0 Å². The molecule has 0 heterocycles. The first-order valence-corrected chi connectivity index (χ1v) is 6.10. The normalized spacial score (nSPS) is 10.7. The molecule has 86 valence electrons. The van der Waals surface area contributed by atoms with E-state index < -0.39 is 0 Å². The van der Waals surface area contributed by atoms with Gasteiger partial charge in [-0.1, -0.05) is 38.5 Å². The number of aliphatic hydroxyl groups is 1. The number of rotatable bonds is 11. The van der Waals surface area contributed by atoms with Gasteiger partial charge in [0.2, 0.25) is 0 Å². The first kappa shape index (κ1) is 13.9. The van der Waals surface area contributed by atoms with Crippen molar-refractivity contribution >= 4 is 0 Å². The molecular formula is C12H26O2. The lowest BCUT2D eigenvalue weighted by Gasteiger charge is -2.02. The first-order chi connectivity index (χ1) is 6.91. The minimum absolute atomic E-state index is 0.356. The zero-order chi connectivity index (χ0) is 10.5. The Hall–Kier alpha value is -0.0800. The lowest BCUT2D eigenvalue weighted by molar-refractivity contribution is 0.143. The number of ether oxygens (including phenoxy) is 1. The van der Waals surface area contributed by atoms with Crippen LogP contribution in [0.1, 0.15) is 58.3 Å². The smallest absolute Gasteiger partial charge is 0.0465 e. The summed E-state index contributed by atoms with van der Waals surface area (Å²) in [6.07, 6.45) is 9.98. The van der Waals surface area contributed by atoms with Gasteiger partial charge in [0, 0.05) is 19.8 Å². The quantitative estimate of drug-likeness (QED) is 0.522. The van der Waals surface area contributed by atoms with Gasteiger partial charge in [-0.2, -0.15) is 0 Å². The van der Waals surface area contributed by atoms with Crippen molar-refractivity contribution in [1.82, 2.24) is 0 Å². The van der Waals surface area contributed by atoms with E-state index >= 15 is 0 Å². The van der Waals surface area contributed by atoms with Crippen LogP contribution in [0.15, 0.2) is 0 Å². The van der Waals surface area contributed by atoms with Gasteiger partial charge in [0.15, 0.2) is 0 Å². The molecule has 0 radical (unpaired) electrons. The maximum Gasteiger partial charge on any atom is 0.0465 e. The summed E-state index contributed by atoms with van der Waals surface area (Å²) in [4.78, 5) is 0. The SMILES string of the molecule is CCOCCCCCCCCCCO. The predicted molar refractivity (Wildman–Crippen MR) is 60.5 cm³/mol. The zero-order valence-electron chi connectivity index (χ0n) is 9.63. The molecule has 0 bridgehead atoms. The van der Waals surface area contributed by atoms with Crippen LogP contribution in [0.3, 0.4) is 0 Å². The number of hydrogen-bond acceptors (Lipinski definition) is 2. The van der Waals surface area contributed by atoms with Gasteiger partial charge < -0.3 is 9.84 Å². The molecule has 2 heteroatoms. The van der Waals surface area contributed by atoms with Crippen molar-refractivity contribution in [2.24, 2.45) is 0 Å². The van der Waals surface area contributed by atoms with Gasteiger partial charge >= 0.3 is 0 Å². The lowest BCUT2D eigenvalue weighted by atomic mass is 10.1. The van der Waals surface area contributed by atoms with Crippen LogP contribution in [0.4, 0.5) is 0 Å². The molecular weight excluding hydrogens is 176 g/mol. The van der Waals surface area contributed by atoms with Gasteiger partial charge in [-0.25, -0.2) is 0 Å². The van der Waals surface area contributed by atoms with Gasteiger partial charge in [0.1, 0.15) is 0 Å². The van der Waals surface area contributed by atoms with Gasteiger partial charge in [-0.05, 0) is 19.8 Å². The summed E-state index contributed by atoms with van der Waals surface area (Å²) in [5.41, 5.74) is 0. The van der Waals surface area contributed by atoms with Crippen LogP contribution >= 0.6 is 0 Å². The Balaban J connectivity index is 2.78. The highest BCUT2D eigenvalue weighted by Crippen LogP contribution is 2.08. The zero-order valence-corrected chi connectivity index (χ0v) is 9.63. The van der Waals surface area contributed by atoms with Crippen LogP contribution in [-0.4, -0.2) is 24.9 Å². The van der Waals surface area contributed by atoms with Crippen molar-refractivity contribution in [2.45, 2.75) is 58.3 Å². The molecule has 0 saturated carbocycles. The minimum Gasteiger partial charge on any atom is -0.396 e. The van der Waals surface area contributed by atoms with Crippen LogP contribution in [0.5, 0.6) is 0 Å². The van der Waals surface area contributed by atoms with Crippen molar-refractivity contribution < 1.29 is 9.84 Å². The summed E-state index contributed by atoms with van der Waals surface area (Å²) in [5.74, 6) is 0. The highest BCUT2D eigenvalue weighted by atomic mass is 16.5. The third-order valence-corrected chi connectivity index (χ3v) is 2.40. The van der Waals surface area contributed by atoms with Crippen LogP contribution in [-0.2, 0) is 4.74 Å². The monoisotopic (exact) mass is 202 g/mol. The van der Waals surface area contributed by atoms with E-state index in [0.717, 1.165) is 19.6 Å². The second kappa shape index (κ2) is 12.9. The van der Waals surface area contributed by atoms with Gasteiger partial charge in [0.05, 0.1) is 0 Å². The largest absolute Gasteiger partial charge is 0.396 e. The molecule has 0 aromatic carbocycles. The minimum atomic E-state index is 0.356. The molecule has 0 fully saturated rings. The predicted octanol–water partition coefficient (Wildman–Crippen LogP) is 3.14. The molecule has 0 spiro atoms. The van der Waals surface area contributed by atoms with E-state index in [9.17, 15) is 0 Å². The number of aliphatic hydroxyl groups excluding tert-OH is 1. The fourth-order valence-corrected chi connectivity index (χ4v) is 1.52. The molecule has 0 unspecified atom stereocenters. The Kier molecular flexibility index (Phi) is 12.8. The topological polar surface area (TPSA) is 29.5 Å². The highest BCUT2D eigenvalue weighted by molar-refractivity contribution is 4.46. The highest BCUT2D eigenvalue weighted by Gasteiger charge is 1.91. The standard InChI is InChI=1S/C12H26O2/c1-2-14-12-10-8-6-4-3-5-7-9-11-13/h13H,2-12H2,1H3. The summed E-state index contributed by atoms with van der Waals surface area (Å²) < 4.78 is 5.27. The van der Waals surface area contributed by atoms with Crippen molar-refractivity contribution in [1.29, 1.82) is 0 Å². The molecule has 1 N–H and O–H groups in total. The summed E-state index contributed by atoms with van der Waals surface area (Å²) >= 11 is 0. The van der Waals surface area contributed by atoms with Gasteiger partial charge in [-0.15, -0.1) is 0 Å². The van der Waals surface area contributed by atoms with E-state index in [2.05, 4.69) is 0 Å². The summed E-state index contributed by atoms with van der Waals surface area (Å²) in [6.45, 7) is 4.18. The van der Waals surface area contributed by atoms with Gasteiger partial charge in [-0.3, -0.25) is 0 Å². The molecule has 0 rings (SSSR count). The van der Waals surface area contributed by atoms with Crippen molar-refractivity contribution in [2.75, 3.05) is 19.8 Å². The van der Waals surface area contributed by atoms with E-state index in [1.807, 2.05) is 6.92 Å². The molecule has 0 aliphatic heterocycles. The second-order valence-corrected chi connectivity index (χ2v) is 3.75. The third kappa shape index (κ3) is 11.9. The molecule has 0 amide bonds. The third-order valence-electron chi connectivity index (χ3n) is 2.40. The number of unbranched alkanes of at least 4 members (excludes halogenated alkanes) is 7. The van der Waals surface area contributed by atoms with E-state index in [1.165, 1.54) is 44.9 Å². The summed E-state index contributed by atoms with van der Waals surface area (Å²) in [6, 6.07) is 0. The Morgan fingerprint density at radius 1 is 0.786 bits per heavy atom. The van der Waals surface area contributed by atoms with Crippen LogP contribution in [0.2, 0.25) is 0 Å². The molecule has 0 aliphatic carbocycles. The molecule has 0 aromatic rings. The Labute approximate surface area is 88.7 Å². The molecule has 0 atom stereocenters. The fourth-order valence-electron chi connectivity index (χ4n) is 1.52. The molecule has 14 heavy (non-hydrogen) atoms. The molecule has 0 aromatic heterocycles. The van der Waals surface area contributed by atoms with Crippen LogP contribution in [0, 0.1) is 0 Å². The Morgan fingerprint density at radius 2 is 1.29 bits per heavy atom. The van der Waals surface area contributed by atoms with Gasteiger partial charge in [0.25, 0.3) is 0 Å². The summed E-state index contributed by atoms with van der Waals surface area (Å²) in [5, 5.41) is 8.58. The Bertz CT molecular complexity index is 82.3. The lowest BCUT2D eigenvalue weighted by Crippen LogP contribution is -1.93. The van der Waals surface area contributed by atoms with E-state index in [0.29, 0.717) is 6.61 Å². The average Bonchev–Trinajstić information content (AvgIpc) is 2.21. The average molecular weight is 202 g/mol. The van der Waals surface area contributed by atoms with Crippen molar-refractivity contribution in [3.8, 4) is 0 Å². The van der Waals surface area contributed by atoms with Crippen molar-refractivity contribution in [3.63, 3.8) is 0 Å². The maximum absolute atomic E-state index is 8.58. The molecule has 0 saturated heterocycles. The molecule has 0 aliphatic rings. The second-order valence-electron chi connectivity index (χ2n) is 3.75. The molecule has 2 nitrogen and oxygen atoms in total. The van der Waals surface area contributed by atoms with E-state index in [4.69, 9.17) is 9.84 Å². The van der Waals surface area contributed by atoms with E-state index in [1.54, 1.807) is 0 Å². The first-order valence-electron chi connectivity index (χ1n) is 6.10. The Morgan fingerprint density at radius 3 is 1.79 bits per heavy atom. The van der Waals surface area contributed by atoms with Crippen LogP contribution < -0.4 is 0 Å². The fraction of sp³-hybridized carbons (Fsp3) is 1.00. The van der Waals surface area contributed by atoms with E-state index in [-0.39, 0.29) is 0 Å². The number of hydrogen-bond donors (Lipinski definition) is 1.